The van der Waals surface area contributed by atoms with Crippen LogP contribution in [0.1, 0.15) is 25.6 Å². The molecule has 0 bridgehead atoms. The van der Waals surface area contributed by atoms with Gasteiger partial charge >= 0.3 is 0 Å². The molecule has 0 saturated heterocycles. The van der Waals surface area contributed by atoms with E-state index in [0.717, 1.165) is 10.9 Å². The number of carbonyl (C=O) groups is 2. The Hall–Kier alpha value is -2.45. The minimum atomic E-state index is -1.38. The summed E-state index contributed by atoms with van der Waals surface area (Å²) in [6.45, 7) is 4.58. The van der Waals surface area contributed by atoms with Gasteiger partial charge in [0.25, 0.3) is 5.91 Å². The minimum absolute atomic E-state index is 0.134. The summed E-state index contributed by atoms with van der Waals surface area (Å²) in [5.41, 5.74) is -1.23. The van der Waals surface area contributed by atoms with Gasteiger partial charge in [0.1, 0.15) is 28.0 Å². The van der Waals surface area contributed by atoms with Crippen LogP contribution in [-0.4, -0.2) is 29.0 Å². The molecule has 2 aromatic rings. The lowest BCUT2D eigenvalue weighted by atomic mass is 9.99. The van der Waals surface area contributed by atoms with Crippen molar-refractivity contribution in [3.05, 3.63) is 56.9 Å². The van der Waals surface area contributed by atoms with E-state index in [1.807, 2.05) is 11.4 Å². The first-order chi connectivity index (χ1) is 13.1. The fourth-order valence-corrected chi connectivity index (χ4v) is 3.70. The number of hydrogen-bond acceptors (Lipinski definition) is 4. The maximum Gasteiger partial charge on any atom is 0.262 e. The summed E-state index contributed by atoms with van der Waals surface area (Å²) in [4.78, 5) is 27.9. The number of nitrogens with one attached hydrogen (secondary N) is 1. The minimum Gasteiger partial charge on any atom is -0.477 e. The number of halogens is 3. The standard InChI is InChI=1S/C19H17ClF2N2O3S/c1-10-15(14-5-4-6-28-14)17(25)24(9-27-10)19(2,3)18(26)23-13-8-11(21)7-12(22)16(13)20/h4-8H,9H2,1-3H3,(H,23,26). The summed E-state index contributed by atoms with van der Waals surface area (Å²) in [6.07, 6.45) is 0. The van der Waals surface area contributed by atoms with Crippen molar-refractivity contribution in [1.29, 1.82) is 0 Å². The lowest BCUT2D eigenvalue weighted by Gasteiger charge is -2.40. The first-order valence-corrected chi connectivity index (χ1v) is 9.54. The van der Waals surface area contributed by atoms with Crippen molar-refractivity contribution in [2.24, 2.45) is 0 Å². The molecule has 1 aliphatic heterocycles. The van der Waals surface area contributed by atoms with Gasteiger partial charge in [-0.05, 0) is 38.3 Å². The molecule has 1 aliphatic rings. The Labute approximate surface area is 169 Å². The van der Waals surface area contributed by atoms with Gasteiger partial charge in [0.05, 0.1) is 11.3 Å². The molecule has 5 nitrogen and oxygen atoms in total. The van der Waals surface area contributed by atoms with Crippen LogP contribution < -0.4 is 5.32 Å². The molecule has 0 radical (unpaired) electrons. The van der Waals surface area contributed by atoms with Gasteiger partial charge in [0, 0.05) is 10.9 Å². The van der Waals surface area contributed by atoms with Crippen molar-refractivity contribution in [2.45, 2.75) is 26.3 Å². The zero-order chi connectivity index (χ0) is 20.6. The van der Waals surface area contributed by atoms with Gasteiger partial charge in [-0.25, -0.2) is 8.78 Å². The number of benzene rings is 1. The molecule has 1 aromatic heterocycles. The Morgan fingerprint density at radius 2 is 2.07 bits per heavy atom. The van der Waals surface area contributed by atoms with Gasteiger partial charge in [-0.2, -0.15) is 0 Å². The van der Waals surface area contributed by atoms with Gasteiger partial charge in [-0.3, -0.25) is 14.5 Å². The van der Waals surface area contributed by atoms with Crippen LogP contribution in [0.3, 0.4) is 0 Å². The van der Waals surface area contributed by atoms with Crippen molar-refractivity contribution in [2.75, 3.05) is 12.0 Å². The number of hydrogen-bond donors (Lipinski definition) is 1. The molecular formula is C19H17ClF2N2O3S. The average molecular weight is 427 g/mol. The van der Waals surface area contributed by atoms with E-state index in [1.54, 1.807) is 13.0 Å². The van der Waals surface area contributed by atoms with E-state index in [9.17, 15) is 18.4 Å². The lowest BCUT2D eigenvalue weighted by Crippen LogP contribution is -2.57. The van der Waals surface area contributed by atoms with Crippen molar-refractivity contribution in [1.82, 2.24) is 4.90 Å². The van der Waals surface area contributed by atoms with E-state index in [2.05, 4.69) is 5.32 Å². The number of thiophene rings is 1. The highest BCUT2D eigenvalue weighted by molar-refractivity contribution is 7.11. The number of ether oxygens (including phenoxy) is 1. The van der Waals surface area contributed by atoms with E-state index < -0.39 is 28.1 Å². The van der Waals surface area contributed by atoms with E-state index in [1.165, 1.54) is 30.1 Å². The van der Waals surface area contributed by atoms with E-state index >= 15 is 0 Å². The van der Waals surface area contributed by atoms with Crippen molar-refractivity contribution >= 4 is 46.0 Å². The largest absolute Gasteiger partial charge is 0.477 e. The maximum atomic E-state index is 13.6. The average Bonchev–Trinajstić information content (AvgIpc) is 3.13. The Morgan fingerprint density at radius 1 is 1.36 bits per heavy atom. The lowest BCUT2D eigenvalue weighted by molar-refractivity contribution is -0.147. The van der Waals surface area contributed by atoms with Gasteiger partial charge in [0.15, 0.2) is 6.73 Å². The second kappa shape index (κ2) is 7.52. The Kier molecular flexibility index (Phi) is 5.45. The highest BCUT2D eigenvalue weighted by atomic mass is 35.5. The maximum absolute atomic E-state index is 13.6. The third-order valence-electron chi connectivity index (χ3n) is 4.46. The van der Waals surface area contributed by atoms with E-state index in [0.29, 0.717) is 17.4 Å². The number of nitrogens with zero attached hydrogens (tertiary/aromatic N) is 1. The van der Waals surface area contributed by atoms with Gasteiger partial charge in [0.2, 0.25) is 5.91 Å². The zero-order valence-electron chi connectivity index (χ0n) is 15.3. The second-order valence-corrected chi connectivity index (χ2v) is 8.00. The summed E-state index contributed by atoms with van der Waals surface area (Å²) in [6, 6.07) is 5.13. The topological polar surface area (TPSA) is 58.6 Å². The highest BCUT2D eigenvalue weighted by Gasteiger charge is 2.42. The number of rotatable bonds is 4. The third kappa shape index (κ3) is 3.62. The molecule has 0 spiro atoms. The normalized spacial score (nSPS) is 14.9. The third-order valence-corrected chi connectivity index (χ3v) is 5.73. The van der Waals surface area contributed by atoms with Crippen LogP contribution in [0.5, 0.6) is 0 Å². The van der Waals surface area contributed by atoms with Crippen molar-refractivity contribution in [3.63, 3.8) is 0 Å². The monoisotopic (exact) mass is 426 g/mol. The number of allylic oxidation sites excluding steroid dienone is 1. The molecule has 0 saturated carbocycles. The number of anilines is 1. The highest BCUT2D eigenvalue weighted by Crippen LogP contribution is 2.34. The Bertz CT molecular complexity index is 974. The molecule has 2 amide bonds. The smallest absolute Gasteiger partial charge is 0.262 e. The zero-order valence-corrected chi connectivity index (χ0v) is 16.9. The molecule has 148 valence electrons. The number of carbonyl (C=O) groups excluding carboxylic acids is 2. The number of amides is 2. The van der Waals surface area contributed by atoms with Gasteiger partial charge in [-0.1, -0.05) is 17.7 Å². The fourth-order valence-electron chi connectivity index (χ4n) is 2.74. The van der Waals surface area contributed by atoms with Crippen LogP contribution in [0.25, 0.3) is 5.57 Å². The molecule has 1 aromatic carbocycles. The molecule has 0 fully saturated rings. The molecule has 0 unspecified atom stereocenters. The predicted octanol–water partition coefficient (Wildman–Crippen LogP) is 4.64. The molecule has 3 rings (SSSR count). The van der Waals surface area contributed by atoms with E-state index in [4.69, 9.17) is 16.3 Å². The molecular weight excluding hydrogens is 410 g/mol. The Balaban J connectivity index is 1.88. The molecule has 0 atom stereocenters. The summed E-state index contributed by atoms with van der Waals surface area (Å²) in [7, 11) is 0. The van der Waals surface area contributed by atoms with Crippen LogP contribution in [-0.2, 0) is 14.3 Å². The van der Waals surface area contributed by atoms with Crippen LogP contribution >= 0.6 is 22.9 Å². The summed E-state index contributed by atoms with van der Waals surface area (Å²) >= 11 is 7.20. The van der Waals surface area contributed by atoms with E-state index in [-0.39, 0.29) is 18.3 Å². The summed E-state index contributed by atoms with van der Waals surface area (Å²) in [5, 5.41) is 3.82. The van der Waals surface area contributed by atoms with Crippen LogP contribution in [0.2, 0.25) is 5.02 Å². The molecule has 28 heavy (non-hydrogen) atoms. The first-order valence-electron chi connectivity index (χ1n) is 8.28. The van der Waals surface area contributed by atoms with Crippen molar-refractivity contribution in [3.8, 4) is 0 Å². The summed E-state index contributed by atoms with van der Waals surface area (Å²) < 4.78 is 32.7. The van der Waals surface area contributed by atoms with Crippen LogP contribution in [0.15, 0.2) is 35.4 Å². The quantitative estimate of drug-likeness (QED) is 0.724. The predicted molar refractivity (Wildman–Crippen MR) is 104 cm³/mol. The SMILES string of the molecule is CC1=C(c2cccs2)C(=O)N(C(C)(C)C(=O)Nc2cc(F)cc(F)c2Cl)CO1. The van der Waals surface area contributed by atoms with Gasteiger partial charge < -0.3 is 10.1 Å². The fraction of sp³-hybridized carbons (Fsp3) is 0.263. The molecule has 1 N–H and O–H groups in total. The Morgan fingerprint density at radius 3 is 2.71 bits per heavy atom. The first kappa shape index (κ1) is 20.3. The molecule has 2 heterocycles. The van der Waals surface area contributed by atoms with Gasteiger partial charge in [-0.15, -0.1) is 11.3 Å². The molecule has 9 heteroatoms. The summed E-state index contributed by atoms with van der Waals surface area (Å²) in [5.74, 6) is -2.45. The van der Waals surface area contributed by atoms with Crippen LogP contribution in [0, 0.1) is 11.6 Å². The molecule has 0 aliphatic carbocycles. The van der Waals surface area contributed by atoms with Crippen molar-refractivity contribution < 1.29 is 23.1 Å². The second-order valence-electron chi connectivity index (χ2n) is 6.68. The van der Waals surface area contributed by atoms with Crippen LogP contribution in [0.4, 0.5) is 14.5 Å².